The lowest BCUT2D eigenvalue weighted by molar-refractivity contribution is -0.122. The van der Waals surface area contributed by atoms with Crippen LogP contribution in [0.25, 0.3) is 0 Å². The van der Waals surface area contributed by atoms with Crippen LogP contribution in [-0.4, -0.2) is 32.1 Å². The van der Waals surface area contributed by atoms with Crippen LogP contribution in [0.15, 0.2) is 18.2 Å². The number of fused-ring (bicyclic) bond motifs is 1. The highest BCUT2D eigenvalue weighted by atomic mass is 16.5. The molecule has 1 aromatic carbocycles. The van der Waals surface area contributed by atoms with Gasteiger partial charge in [0.2, 0.25) is 11.8 Å². The lowest BCUT2D eigenvalue weighted by Gasteiger charge is -2.14. The van der Waals surface area contributed by atoms with Crippen molar-refractivity contribution in [3.63, 3.8) is 0 Å². The van der Waals surface area contributed by atoms with Crippen molar-refractivity contribution in [3.8, 4) is 0 Å². The van der Waals surface area contributed by atoms with Gasteiger partial charge in [-0.15, -0.1) is 0 Å². The lowest BCUT2D eigenvalue weighted by atomic mass is 10.0. The number of benzene rings is 1. The smallest absolute Gasteiger partial charge is 0.243 e. The summed E-state index contributed by atoms with van der Waals surface area (Å²) < 4.78 is 5.10. The number of ether oxygens (including phenoxy) is 1. The maximum Gasteiger partial charge on any atom is 0.243 e. The summed E-state index contributed by atoms with van der Waals surface area (Å²) >= 11 is 0. The molecule has 6 nitrogen and oxygen atoms in total. The van der Waals surface area contributed by atoms with E-state index >= 15 is 0 Å². The van der Waals surface area contributed by atoms with Gasteiger partial charge in [-0.05, 0) is 17.2 Å². The number of anilines is 1. The summed E-state index contributed by atoms with van der Waals surface area (Å²) in [5.41, 5.74) is 13.7. The van der Waals surface area contributed by atoms with Gasteiger partial charge >= 0.3 is 0 Å². The van der Waals surface area contributed by atoms with E-state index in [2.05, 4.69) is 0 Å². The van der Waals surface area contributed by atoms with Crippen LogP contribution < -0.4 is 16.4 Å². The number of hydrogen-bond donors (Lipinski definition) is 2. The highest BCUT2D eigenvalue weighted by Crippen LogP contribution is 2.29. The van der Waals surface area contributed by atoms with Crippen LogP contribution in [0.5, 0.6) is 0 Å². The van der Waals surface area contributed by atoms with E-state index in [9.17, 15) is 9.59 Å². The van der Waals surface area contributed by atoms with Gasteiger partial charge in [0.05, 0.1) is 19.1 Å². The first-order valence-electron chi connectivity index (χ1n) is 6.00. The Morgan fingerprint density at radius 1 is 1.53 bits per heavy atom. The highest BCUT2D eigenvalue weighted by molar-refractivity contribution is 6.00. The molecule has 0 saturated carbocycles. The molecule has 0 radical (unpaired) electrons. The van der Waals surface area contributed by atoms with Gasteiger partial charge in [-0.25, -0.2) is 0 Å². The van der Waals surface area contributed by atoms with Crippen LogP contribution in [0.3, 0.4) is 0 Å². The zero-order valence-electron chi connectivity index (χ0n) is 10.8. The SMILES string of the molecule is CN1C(=O)Cc2cc(C(N)COCC(N)=O)ccc21. The molecule has 0 saturated heterocycles. The van der Waals surface area contributed by atoms with Crippen molar-refractivity contribution in [2.45, 2.75) is 12.5 Å². The third-order valence-electron chi connectivity index (χ3n) is 3.15. The number of nitrogens with two attached hydrogens (primary N) is 2. The molecule has 2 amide bonds. The Bertz CT molecular complexity index is 516. The fraction of sp³-hybridized carbons (Fsp3) is 0.385. The number of amides is 2. The van der Waals surface area contributed by atoms with E-state index in [1.165, 1.54) is 0 Å². The lowest BCUT2D eigenvalue weighted by Crippen LogP contribution is -2.23. The largest absolute Gasteiger partial charge is 0.370 e. The Kier molecular flexibility index (Phi) is 3.82. The van der Waals surface area contributed by atoms with E-state index in [-0.39, 0.29) is 25.2 Å². The second-order valence-corrected chi connectivity index (χ2v) is 4.61. The van der Waals surface area contributed by atoms with Crippen LogP contribution in [0.1, 0.15) is 17.2 Å². The van der Waals surface area contributed by atoms with Crippen molar-refractivity contribution in [1.29, 1.82) is 0 Å². The quantitative estimate of drug-likeness (QED) is 0.762. The van der Waals surface area contributed by atoms with Crippen molar-refractivity contribution in [2.24, 2.45) is 11.5 Å². The molecule has 1 aliphatic heterocycles. The standard InChI is InChI=1S/C13H17N3O3/c1-16-11-3-2-8(4-9(11)5-13(16)18)10(14)6-19-7-12(15)17/h2-4,10H,5-7,14H2,1H3,(H2,15,17). The monoisotopic (exact) mass is 263 g/mol. The van der Waals surface area contributed by atoms with E-state index in [1.54, 1.807) is 11.9 Å². The minimum atomic E-state index is -0.520. The maximum absolute atomic E-state index is 11.6. The van der Waals surface area contributed by atoms with Crippen LogP contribution in [0.2, 0.25) is 0 Å². The highest BCUT2D eigenvalue weighted by Gasteiger charge is 2.24. The molecule has 1 aromatic rings. The number of hydrogen-bond acceptors (Lipinski definition) is 4. The topological polar surface area (TPSA) is 98.7 Å². The first kappa shape index (κ1) is 13.5. The Hall–Kier alpha value is -1.92. The molecule has 0 aliphatic carbocycles. The molecule has 2 rings (SSSR count). The molecule has 19 heavy (non-hydrogen) atoms. The summed E-state index contributed by atoms with van der Waals surface area (Å²) in [6.07, 6.45) is 0.397. The van der Waals surface area contributed by atoms with E-state index in [1.807, 2.05) is 18.2 Å². The Morgan fingerprint density at radius 2 is 2.26 bits per heavy atom. The van der Waals surface area contributed by atoms with Crippen LogP contribution in [0, 0.1) is 0 Å². The maximum atomic E-state index is 11.6. The summed E-state index contributed by atoms with van der Waals surface area (Å²) in [6.45, 7) is 0.0748. The van der Waals surface area contributed by atoms with E-state index in [4.69, 9.17) is 16.2 Å². The molecule has 1 unspecified atom stereocenters. The van der Waals surface area contributed by atoms with Crippen molar-refractivity contribution >= 4 is 17.5 Å². The number of carbonyl (C=O) groups excluding carboxylic acids is 2. The normalized spacial score (nSPS) is 15.5. The average Bonchev–Trinajstić information content (AvgIpc) is 2.64. The van der Waals surface area contributed by atoms with Gasteiger partial charge in [0, 0.05) is 12.7 Å². The van der Waals surface area contributed by atoms with Gasteiger partial charge in [0.15, 0.2) is 0 Å². The molecule has 102 valence electrons. The first-order valence-corrected chi connectivity index (χ1v) is 6.00. The third kappa shape index (κ3) is 2.91. The molecule has 1 heterocycles. The Balaban J connectivity index is 2.04. The van der Waals surface area contributed by atoms with Gasteiger partial charge in [0.25, 0.3) is 0 Å². The van der Waals surface area contributed by atoms with Gasteiger partial charge in [-0.2, -0.15) is 0 Å². The molecule has 6 heteroatoms. The molecular weight excluding hydrogens is 246 g/mol. The number of likely N-dealkylation sites (N-methyl/N-ethyl adjacent to an activating group) is 1. The molecule has 1 aliphatic rings. The summed E-state index contributed by atoms with van der Waals surface area (Å²) in [7, 11) is 1.75. The van der Waals surface area contributed by atoms with Gasteiger partial charge < -0.3 is 21.1 Å². The van der Waals surface area contributed by atoms with Crippen molar-refractivity contribution in [3.05, 3.63) is 29.3 Å². The third-order valence-corrected chi connectivity index (χ3v) is 3.15. The molecular formula is C13H17N3O3. The first-order chi connectivity index (χ1) is 8.99. The van der Waals surface area contributed by atoms with Crippen LogP contribution in [0.4, 0.5) is 5.69 Å². The fourth-order valence-electron chi connectivity index (χ4n) is 2.10. The minimum absolute atomic E-state index is 0.0747. The molecule has 1 atom stereocenters. The van der Waals surface area contributed by atoms with E-state index in [0.717, 1.165) is 16.8 Å². The van der Waals surface area contributed by atoms with E-state index < -0.39 is 5.91 Å². The predicted molar refractivity (Wildman–Crippen MR) is 70.5 cm³/mol. The van der Waals surface area contributed by atoms with Gasteiger partial charge in [-0.1, -0.05) is 12.1 Å². The Labute approximate surface area is 111 Å². The molecule has 0 fully saturated rings. The minimum Gasteiger partial charge on any atom is -0.370 e. The Morgan fingerprint density at radius 3 is 2.95 bits per heavy atom. The van der Waals surface area contributed by atoms with Gasteiger partial charge in [0.1, 0.15) is 6.61 Å². The average molecular weight is 263 g/mol. The number of primary amides is 1. The summed E-state index contributed by atoms with van der Waals surface area (Å²) in [5.74, 6) is -0.445. The van der Waals surface area contributed by atoms with Gasteiger partial charge in [-0.3, -0.25) is 9.59 Å². The fourth-order valence-corrected chi connectivity index (χ4v) is 2.10. The summed E-state index contributed by atoms with van der Waals surface area (Å²) in [6, 6.07) is 5.32. The zero-order valence-corrected chi connectivity index (χ0v) is 10.8. The summed E-state index contributed by atoms with van der Waals surface area (Å²) in [4.78, 5) is 23.8. The number of nitrogens with zero attached hydrogens (tertiary/aromatic N) is 1. The zero-order chi connectivity index (χ0) is 14.0. The molecule has 4 N–H and O–H groups in total. The molecule has 0 bridgehead atoms. The van der Waals surface area contributed by atoms with Crippen LogP contribution >= 0.6 is 0 Å². The molecule has 0 aromatic heterocycles. The second-order valence-electron chi connectivity index (χ2n) is 4.61. The summed E-state index contributed by atoms with van der Waals surface area (Å²) in [5, 5.41) is 0. The predicted octanol–water partition coefficient (Wildman–Crippen LogP) is -0.293. The van der Waals surface area contributed by atoms with E-state index in [0.29, 0.717) is 6.42 Å². The van der Waals surface area contributed by atoms with Crippen molar-refractivity contribution in [1.82, 2.24) is 0 Å². The van der Waals surface area contributed by atoms with Crippen molar-refractivity contribution < 1.29 is 14.3 Å². The molecule has 0 spiro atoms. The van der Waals surface area contributed by atoms with Crippen LogP contribution in [-0.2, 0) is 20.7 Å². The number of rotatable bonds is 5. The number of carbonyl (C=O) groups is 2. The van der Waals surface area contributed by atoms with Crippen molar-refractivity contribution in [2.75, 3.05) is 25.2 Å². The second kappa shape index (κ2) is 5.38.